The van der Waals surface area contributed by atoms with E-state index in [1.54, 1.807) is 0 Å². The van der Waals surface area contributed by atoms with Gasteiger partial charge in [-0.1, -0.05) is 6.08 Å². The molecule has 1 aliphatic carbocycles. The van der Waals surface area contributed by atoms with Crippen molar-refractivity contribution in [2.24, 2.45) is 0 Å². The summed E-state index contributed by atoms with van der Waals surface area (Å²) in [5.41, 5.74) is 1.21. The molecule has 2 aliphatic rings. The van der Waals surface area contributed by atoms with E-state index in [4.69, 9.17) is 0 Å². The summed E-state index contributed by atoms with van der Waals surface area (Å²) in [6.45, 7) is 5.68. The van der Waals surface area contributed by atoms with E-state index in [-0.39, 0.29) is 5.91 Å². The van der Waals surface area contributed by atoms with Crippen molar-refractivity contribution in [2.45, 2.75) is 32.2 Å². The fourth-order valence-corrected chi connectivity index (χ4v) is 2.52. The molecule has 1 fully saturated rings. The molecule has 4 heteroatoms. The minimum atomic E-state index is 0.229. The molecule has 0 saturated carbocycles. The lowest BCUT2D eigenvalue weighted by Crippen LogP contribution is -2.52. The summed E-state index contributed by atoms with van der Waals surface area (Å²) in [5.74, 6) is 0.229. The molecule has 1 heterocycles. The summed E-state index contributed by atoms with van der Waals surface area (Å²) in [6, 6.07) is 0.457. The molecule has 96 valence electrons. The van der Waals surface area contributed by atoms with E-state index in [0.29, 0.717) is 12.6 Å². The van der Waals surface area contributed by atoms with Gasteiger partial charge in [-0.15, -0.1) is 0 Å². The number of piperazine rings is 1. The van der Waals surface area contributed by atoms with Crippen LogP contribution in [0.3, 0.4) is 0 Å². The molecule has 4 nitrogen and oxygen atoms in total. The first-order chi connectivity index (χ1) is 8.18. The van der Waals surface area contributed by atoms with Gasteiger partial charge in [-0.2, -0.15) is 0 Å². The lowest BCUT2D eigenvalue weighted by atomic mass is 10.2. The largest absolute Gasteiger partial charge is 0.318 e. The van der Waals surface area contributed by atoms with E-state index < -0.39 is 0 Å². The highest BCUT2D eigenvalue weighted by Crippen LogP contribution is 2.20. The molecule has 2 rings (SSSR count). The highest BCUT2D eigenvalue weighted by molar-refractivity contribution is 5.79. The van der Waals surface area contributed by atoms with Crippen LogP contribution in [0.4, 0.5) is 0 Å². The van der Waals surface area contributed by atoms with Crippen molar-refractivity contribution < 1.29 is 4.79 Å². The maximum absolute atomic E-state index is 12.2. The number of likely N-dealkylation sites (N-methyl/N-ethyl adjacent to an activating group) is 1. The molecule has 0 aromatic rings. The van der Waals surface area contributed by atoms with Crippen LogP contribution in [0.1, 0.15) is 26.2 Å². The number of hydrogen-bond acceptors (Lipinski definition) is 3. The van der Waals surface area contributed by atoms with E-state index in [0.717, 1.165) is 32.5 Å². The van der Waals surface area contributed by atoms with E-state index in [1.807, 2.05) is 11.9 Å². The molecule has 0 aromatic heterocycles. The van der Waals surface area contributed by atoms with Crippen LogP contribution in [0.15, 0.2) is 11.8 Å². The molecular weight excluding hydrogens is 214 g/mol. The van der Waals surface area contributed by atoms with Crippen molar-refractivity contribution in [3.05, 3.63) is 11.8 Å². The number of hydrogen-bond donors (Lipinski definition) is 1. The van der Waals surface area contributed by atoms with Gasteiger partial charge >= 0.3 is 0 Å². The summed E-state index contributed by atoms with van der Waals surface area (Å²) in [5, 5.41) is 3.34. The molecule has 1 aliphatic heterocycles. The number of nitrogens with one attached hydrogen (secondary N) is 1. The van der Waals surface area contributed by atoms with Crippen LogP contribution in [-0.4, -0.2) is 55.0 Å². The van der Waals surface area contributed by atoms with Gasteiger partial charge in [0, 0.05) is 38.4 Å². The second kappa shape index (κ2) is 5.65. The van der Waals surface area contributed by atoms with Crippen molar-refractivity contribution in [1.82, 2.24) is 15.1 Å². The Morgan fingerprint density at radius 1 is 1.65 bits per heavy atom. The minimum Gasteiger partial charge on any atom is -0.318 e. The van der Waals surface area contributed by atoms with Crippen LogP contribution in [0.5, 0.6) is 0 Å². The highest BCUT2D eigenvalue weighted by Gasteiger charge is 2.23. The Labute approximate surface area is 104 Å². The van der Waals surface area contributed by atoms with Crippen LogP contribution >= 0.6 is 0 Å². The normalized spacial score (nSPS) is 25.8. The van der Waals surface area contributed by atoms with Gasteiger partial charge in [0.1, 0.15) is 0 Å². The summed E-state index contributed by atoms with van der Waals surface area (Å²) in [7, 11) is 1.91. The SMILES string of the molecule is CC1CNCCN1CC(=O)N(C)C1=CCCC1. The third kappa shape index (κ3) is 3.07. The van der Waals surface area contributed by atoms with Gasteiger partial charge in [0.2, 0.25) is 5.91 Å². The van der Waals surface area contributed by atoms with Crippen LogP contribution < -0.4 is 5.32 Å². The number of allylic oxidation sites excluding steroid dienone is 2. The standard InChI is InChI=1S/C13H23N3O/c1-11-9-14-7-8-16(11)10-13(17)15(2)12-5-3-4-6-12/h5,11,14H,3-4,6-10H2,1-2H3. The van der Waals surface area contributed by atoms with Crippen molar-refractivity contribution in [3.63, 3.8) is 0 Å². The predicted molar refractivity (Wildman–Crippen MR) is 68.6 cm³/mol. The number of carbonyl (C=O) groups excluding carboxylic acids is 1. The predicted octanol–water partition coefficient (Wildman–Crippen LogP) is 0.806. The second-order valence-electron chi connectivity index (χ2n) is 5.06. The van der Waals surface area contributed by atoms with Gasteiger partial charge in [-0.3, -0.25) is 9.69 Å². The van der Waals surface area contributed by atoms with Gasteiger partial charge < -0.3 is 10.2 Å². The molecule has 1 unspecified atom stereocenters. The lowest BCUT2D eigenvalue weighted by molar-refractivity contribution is -0.130. The number of rotatable bonds is 3. The van der Waals surface area contributed by atoms with Crippen LogP contribution in [-0.2, 0) is 4.79 Å². The Balaban J connectivity index is 1.87. The third-order valence-corrected chi connectivity index (χ3v) is 3.80. The molecule has 0 radical (unpaired) electrons. The average molecular weight is 237 g/mol. The lowest BCUT2D eigenvalue weighted by Gasteiger charge is -2.34. The highest BCUT2D eigenvalue weighted by atomic mass is 16.2. The van der Waals surface area contributed by atoms with Gasteiger partial charge in [-0.05, 0) is 26.2 Å². The second-order valence-corrected chi connectivity index (χ2v) is 5.06. The Kier molecular flexibility index (Phi) is 4.18. The maximum Gasteiger partial charge on any atom is 0.240 e. The fraction of sp³-hybridized carbons (Fsp3) is 0.769. The van der Waals surface area contributed by atoms with Crippen LogP contribution in [0.25, 0.3) is 0 Å². The molecule has 0 bridgehead atoms. The molecule has 1 amide bonds. The number of carbonyl (C=O) groups is 1. The van der Waals surface area contributed by atoms with Gasteiger partial charge in [0.05, 0.1) is 6.54 Å². The zero-order valence-corrected chi connectivity index (χ0v) is 10.9. The summed E-state index contributed by atoms with van der Waals surface area (Å²) >= 11 is 0. The first-order valence-electron chi connectivity index (χ1n) is 6.59. The smallest absolute Gasteiger partial charge is 0.240 e. The molecule has 1 atom stereocenters. The molecule has 1 N–H and O–H groups in total. The van der Waals surface area contributed by atoms with Gasteiger partial charge in [0.25, 0.3) is 0 Å². The van der Waals surface area contributed by atoms with Crippen molar-refractivity contribution in [3.8, 4) is 0 Å². The average Bonchev–Trinajstić information content (AvgIpc) is 2.84. The Morgan fingerprint density at radius 3 is 3.12 bits per heavy atom. The van der Waals surface area contributed by atoms with E-state index >= 15 is 0 Å². The number of amides is 1. The summed E-state index contributed by atoms with van der Waals surface area (Å²) in [6.07, 6.45) is 5.56. The Bertz CT molecular complexity index is 314. The maximum atomic E-state index is 12.2. The van der Waals surface area contributed by atoms with E-state index in [2.05, 4.69) is 23.2 Å². The molecule has 0 spiro atoms. The van der Waals surface area contributed by atoms with Crippen molar-refractivity contribution in [1.29, 1.82) is 0 Å². The zero-order chi connectivity index (χ0) is 12.3. The first kappa shape index (κ1) is 12.6. The van der Waals surface area contributed by atoms with Crippen LogP contribution in [0.2, 0.25) is 0 Å². The number of nitrogens with zero attached hydrogens (tertiary/aromatic N) is 2. The molecular formula is C13H23N3O. The summed E-state index contributed by atoms with van der Waals surface area (Å²) in [4.78, 5) is 16.3. The molecule has 1 saturated heterocycles. The van der Waals surface area contributed by atoms with Crippen molar-refractivity contribution in [2.75, 3.05) is 33.2 Å². The molecule has 0 aromatic carbocycles. The van der Waals surface area contributed by atoms with E-state index in [1.165, 1.54) is 12.1 Å². The summed E-state index contributed by atoms with van der Waals surface area (Å²) < 4.78 is 0. The fourth-order valence-electron chi connectivity index (χ4n) is 2.52. The van der Waals surface area contributed by atoms with Crippen LogP contribution in [0, 0.1) is 0 Å². The zero-order valence-electron chi connectivity index (χ0n) is 10.9. The Morgan fingerprint density at radius 2 is 2.47 bits per heavy atom. The monoisotopic (exact) mass is 237 g/mol. The Hall–Kier alpha value is -0.870. The first-order valence-corrected chi connectivity index (χ1v) is 6.59. The quantitative estimate of drug-likeness (QED) is 0.789. The topological polar surface area (TPSA) is 35.6 Å². The van der Waals surface area contributed by atoms with Gasteiger partial charge in [0.15, 0.2) is 0 Å². The van der Waals surface area contributed by atoms with E-state index in [9.17, 15) is 4.79 Å². The van der Waals surface area contributed by atoms with Crippen molar-refractivity contribution >= 4 is 5.91 Å². The molecule has 17 heavy (non-hydrogen) atoms. The van der Waals surface area contributed by atoms with Gasteiger partial charge in [-0.25, -0.2) is 0 Å². The third-order valence-electron chi connectivity index (χ3n) is 3.80. The minimum absolute atomic E-state index is 0.229.